The van der Waals surface area contributed by atoms with Crippen molar-refractivity contribution in [3.63, 3.8) is 0 Å². The molecule has 2 fully saturated rings. The van der Waals surface area contributed by atoms with Crippen LogP contribution in [0.5, 0.6) is 0 Å². The van der Waals surface area contributed by atoms with Crippen LogP contribution in [0.1, 0.15) is 10.4 Å². The number of anilines is 2. The summed E-state index contributed by atoms with van der Waals surface area (Å²) < 4.78 is 6.62. The summed E-state index contributed by atoms with van der Waals surface area (Å²) in [5.41, 5.74) is 8.48. The minimum absolute atomic E-state index is 0.0963. The fraction of sp³-hybridized carbons (Fsp3) is 0.385. The maximum Gasteiger partial charge on any atom is 0.253 e. The van der Waals surface area contributed by atoms with Crippen LogP contribution in [-0.2, 0) is 4.74 Å². The molecule has 3 aliphatic heterocycles. The monoisotopic (exact) mass is 518 g/mol. The molecule has 6 rings (SSSR count). The largest absolute Gasteiger partial charge is 0.384 e. The Kier molecular flexibility index (Phi) is 6.49. The van der Waals surface area contributed by atoms with Crippen molar-refractivity contribution in [2.24, 2.45) is 10.7 Å². The molecular weight excluding hydrogens is 488 g/mol. The number of morpholine rings is 1. The summed E-state index contributed by atoms with van der Waals surface area (Å²) >= 11 is 1.68. The van der Waals surface area contributed by atoms with Gasteiger partial charge < -0.3 is 25.2 Å². The molecule has 10 nitrogen and oxygen atoms in total. The van der Waals surface area contributed by atoms with Gasteiger partial charge in [-0.1, -0.05) is 12.1 Å². The van der Waals surface area contributed by atoms with Crippen molar-refractivity contribution in [2.45, 2.75) is 0 Å². The molecule has 0 spiro atoms. The van der Waals surface area contributed by atoms with Crippen LogP contribution >= 0.6 is 11.3 Å². The number of carbonyl (C=O) groups excluding carboxylic acids is 1. The smallest absolute Gasteiger partial charge is 0.253 e. The Hall–Kier alpha value is -3.54. The molecule has 1 aromatic carbocycles. The molecule has 2 N–H and O–H groups in total. The van der Waals surface area contributed by atoms with E-state index in [1.54, 1.807) is 17.7 Å². The third-order valence-electron chi connectivity index (χ3n) is 6.96. The molecule has 5 heterocycles. The topological polar surface area (TPSA) is 103 Å². The predicted molar refractivity (Wildman–Crippen MR) is 147 cm³/mol. The molecule has 0 aliphatic carbocycles. The normalized spacial score (nSPS) is 18.9. The van der Waals surface area contributed by atoms with Gasteiger partial charge in [-0.2, -0.15) is 4.98 Å². The van der Waals surface area contributed by atoms with Crippen LogP contribution in [0.4, 0.5) is 11.8 Å². The third kappa shape index (κ3) is 4.89. The number of carbonyl (C=O) groups is 1. The summed E-state index contributed by atoms with van der Waals surface area (Å²) in [5, 5.41) is 0. The molecule has 2 aromatic heterocycles. The van der Waals surface area contributed by atoms with E-state index in [2.05, 4.69) is 27.9 Å². The molecule has 0 bridgehead atoms. The number of nitrogens with two attached hydrogens (primary N) is 1. The van der Waals surface area contributed by atoms with Gasteiger partial charge in [0.25, 0.3) is 5.91 Å². The van der Waals surface area contributed by atoms with E-state index in [9.17, 15) is 4.79 Å². The van der Waals surface area contributed by atoms with Crippen molar-refractivity contribution < 1.29 is 9.53 Å². The van der Waals surface area contributed by atoms with Gasteiger partial charge in [0.2, 0.25) is 5.95 Å². The first kappa shape index (κ1) is 23.8. The zero-order valence-electron chi connectivity index (χ0n) is 20.8. The first-order chi connectivity index (χ1) is 18.0. The lowest BCUT2D eigenvalue weighted by molar-refractivity contribution is 0.0664. The zero-order chi connectivity index (χ0) is 25.4. The first-order valence-corrected chi connectivity index (χ1v) is 13.4. The standard InChI is InChI=1S/C26H30N8O2S/c1-31-8-10-33(11-9-31)25(35)19-4-2-18(3-5-19)21-16-20-23(37-21)24(32-12-14-36-15-13-32)30-26(29-20)34-7-6-22(27)28-17-34/h2-6,16-17H,7-15,27H2,1H3. The molecule has 0 unspecified atom stereocenters. The van der Waals surface area contributed by atoms with E-state index in [1.807, 2.05) is 40.1 Å². The number of fused-ring (bicyclic) bond motifs is 1. The fourth-order valence-electron chi connectivity index (χ4n) is 4.69. The highest BCUT2D eigenvalue weighted by Gasteiger charge is 2.23. The fourth-order valence-corrected chi connectivity index (χ4v) is 5.81. The number of amides is 1. The molecule has 3 aliphatic rings. The van der Waals surface area contributed by atoms with Gasteiger partial charge in [0.1, 0.15) is 12.2 Å². The molecule has 37 heavy (non-hydrogen) atoms. The van der Waals surface area contributed by atoms with Crippen LogP contribution in [0.3, 0.4) is 0 Å². The molecule has 11 heteroatoms. The van der Waals surface area contributed by atoms with E-state index in [4.69, 9.17) is 20.4 Å². The number of ether oxygens (including phenoxy) is 1. The highest BCUT2D eigenvalue weighted by Crippen LogP contribution is 2.38. The van der Waals surface area contributed by atoms with Crippen molar-refractivity contribution >= 4 is 45.6 Å². The van der Waals surface area contributed by atoms with E-state index in [0.717, 1.165) is 71.3 Å². The summed E-state index contributed by atoms with van der Waals surface area (Å²) in [5.74, 6) is 2.10. The summed E-state index contributed by atoms with van der Waals surface area (Å²) in [7, 11) is 2.09. The van der Waals surface area contributed by atoms with Crippen LogP contribution in [0.25, 0.3) is 20.7 Å². The summed E-state index contributed by atoms with van der Waals surface area (Å²) in [6, 6.07) is 10.0. The van der Waals surface area contributed by atoms with Crippen LogP contribution in [0.15, 0.2) is 47.2 Å². The number of likely N-dealkylation sites (N-methyl/N-ethyl adjacent to an activating group) is 1. The number of hydrogen-bond acceptors (Lipinski definition) is 10. The van der Waals surface area contributed by atoms with Gasteiger partial charge in [-0.15, -0.1) is 11.3 Å². The highest BCUT2D eigenvalue weighted by molar-refractivity contribution is 7.22. The van der Waals surface area contributed by atoms with Gasteiger partial charge in [-0.25, -0.2) is 9.98 Å². The minimum atomic E-state index is 0.0963. The molecule has 3 aromatic rings. The third-order valence-corrected chi connectivity index (χ3v) is 8.13. The van der Waals surface area contributed by atoms with Crippen LogP contribution in [-0.4, -0.2) is 98.1 Å². The Labute approximate surface area is 219 Å². The SMILES string of the molecule is CN1CCN(C(=O)c2ccc(-c3cc4nc(N5C=NC(N)=CC5)nc(N5CCOCC5)c4s3)cc2)CC1. The van der Waals surface area contributed by atoms with Crippen molar-refractivity contribution in [1.82, 2.24) is 19.8 Å². The summed E-state index contributed by atoms with van der Waals surface area (Å²) in [6.07, 6.45) is 3.54. The maximum absolute atomic E-state index is 13.0. The van der Waals surface area contributed by atoms with Gasteiger partial charge in [-0.05, 0) is 36.9 Å². The number of thiophene rings is 1. The van der Waals surface area contributed by atoms with Crippen LogP contribution < -0.4 is 15.5 Å². The highest BCUT2D eigenvalue weighted by atomic mass is 32.1. The number of nitrogens with zero attached hydrogens (tertiary/aromatic N) is 7. The van der Waals surface area contributed by atoms with E-state index in [1.165, 1.54) is 0 Å². The van der Waals surface area contributed by atoms with Gasteiger partial charge >= 0.3 is 0 Å². The Morgan fingerprint density at radius 3 is 2.49 bits per heavy atom. The lowest BCUT2D eigenvalue weighted by Crippen LogP contribution is -2.47. The number of benzene rings is 1. The van der Waals surface area contributed by atoms with Crippen molar-refractivity contribution in [1.29, 1.82) is 0 Å². The Balaban J connectivity index is 1.31. The summed E-state index contributed by atoms with van der Waals surface area (Å²) in [4.78, 5) is 36.5. The van der Waals surface area contributed by atoms with Gasteiger partial charge in [0.05, 0.1) is 23.4 Å². The second-order valence-electron chi connectivity index (χ2n) is 9.47. The van der Waals surface area contributed by atoms with Gasteiger partial charge in [0, 0.05) is 56.3 Å². The van der Waals surface area contributed by atoms with E-state index in [-0.39, 0.29) is 5.91 Å². The molecule has 0 radical (unpaired) electrons. The quantitative estimate of drug-likeness (QED) is 0.561. The van der Waals surface area contributed by atoms with Crippen LogP contribution in [0.2, 0.25) is 0 Å². The summed E-state index contributed by atoms with van der Waals surface area (Å²) in [6.45, 7) is 6.83. The van der Waals surface area contributed by atoms with Crippen molar-refractivity contribution in [3.05, 3.63) is 47.8 Å². The number of aromatic nitrogens is 2. The molecule has 1 amide bonds. The molecule has 0 saturated carbocycles. The number of hydrogen-bond donors (Lipinski definition) is 1. The molecule has 0 atom stereocenters. The van der Waals surface area contributed by atoms with Crippen LogP contribution in [0, 0.1) is 0 Å². The Morgan fingerprint density at radius 1 is 1.03 bits per heavy atom. The van der Waals surface area contributed by atoms with Crippen molar-refractivity contribution in [3.8, 4) is 10.4 Å². The van der Waals surface area contributed by atoms with E-state index < -0.39 is 0 Å². The number of aliphatic imine (C=N–C) groups is 1. The van der Waals surface area contributed by atoms with Gasteiger partial charge in [-0.3, -0.25) is 9.69 Å². The number of piperazine rings is 1. The zero-order valence-corrected chi connectivity index (χ0v) is 21.7. The second-order valence-corrected chi connectivity index (χ2v) is 10.5. The predicted octanol–water partition coefficient (Wildman–Crippen LogP) is 2.23. The molecular formula is C26H30N8O2S. The maximum atomic E-state index is 13.0. The van der Waals surface area contributed by atoms with E-state index in [0.29, 0.717) is 31.5 Å². The second kappa shape index (κ2) is 10.1. The number of rotatable bonds is 4. The molecule has 2 saturated heterocycles. The molecule has 192 valence electrons. The lowest BCUT2D eigenvalue weighted by Gasteiger charge is -2.32. The minimum Gasteiger partial charge on any atom is -0.384 e. The average molecular weight is 519 g/mol. The first-order valence-electron chi connectivity index (χ1n) is 12.5. The van der Waals surface area contributed by atoms with E-state index >= 15 is 0 Å². The van der Waals surface area contributed by atoms with Gasteiger partial charge in [0.15, 0.2) is 5.82 Å². The Bertz CT molecular complexity index is 1350. The lowest BCUT2D eigenvalue weighted by atomic mass is 10.1. The van der Waals surface area contributed by atoms with Crippen molar-refractivity contribution in [2.75, 3.05) is 75.9 Å². The Morgan fingerprint density at radius 2 is 1.78 bits per heavy atom. The average Bonchev–Trinajstić information content (AvgIpc) is 3.38.